The zero-order chi connectivity index (χ0) is 14.0. The molecular formula is C15H21Cl2NO. The summed E-state index contributed by atoms with van der Waals surface area (Å²) < 4.78 is 0. The number of likely N-dealkylation sites (N-methyl/N-ethyl adjacent to an activating group) is 1. The molecule has 1 unspecified atom stereocenters. The monoisotopic (exact) mass is 301 g/mol. The van der Waals surface area contributed by atoms with Crippen molar-refractivity contribution in [1.82, 2.24) is 4.90 Å². The van der Waals surface area contributed by atoms with E-state index in [0.717, 1.165) is 31.2 Å². The lowest BCUT2D eigenvalue weighted by Crippen LogP contribution is -2.50. The zero-order valence-electron chi connectivity index (χ0n) is 11.5. The van der Waals surface area contributed by atoms with E-state index < -0.39 is 6.10 Å². The third kappa shape index (κ3) is 2.92. The molecule has 1 aromatic rings. The Morgan fingerprint density at radius 3 is 2.26 bits per heavy atom. The topological polar surface area (TPSA) is 23.5 Å². The average Bonchev–Trinajstić information content (AvgIpc) is 2.41. The number of rotatable bonds is 3. The first kappa shape index (κ1) is 15.1. The van der Waals surface area contributed by atoms with E-state index in [4.69, 9.17) is 23.2 Å². The third-order valence-corrected chi connectivity index (χ3v) is 5.12. The number of aliphatic hydroxyl groups is 1. The van der Waals surface area contributed by atoms with Crippen molar-refractivity contribution >= 4 is 23.2 Å². The van der Waals surface area contributed by atoms with Gasteiger partial charge in [0.1, 0.15) is 0 Å². The molecule has 0 heterocycles. The van der Waals surface area contributed by atoms with E-state index in [0.29, 0.717) is 10.0 Å². The Bertz CT molecular complexity index is 442. The molecule has 0 aromatic heterocycles. The summed E-state index contributed by atoms with van der Waals surface area (Å²) in [5, 5.41) is 11.9. The second kappa shape index (κ2) is 6.01. The Hall–Kier alpha value is -0.280. The van der Waals surface area contributed by atoms with Gasteiger partial charge in [-0.25, -0.2) is 0 Å². The molecule has 19 heavy (non-hydrogen) atoms. The summed E-state index contributed by atoms with van der Waals surface area (Å²) in [4.78, 5) is 2.17. The van der Waals surface area contributed by atoms with Crippen LogP contribution in [-0.2, 0) is 0 Å². The fourth-order valence-electron chi connectivity index (χ4n) is 3.12. The standard InChI is InChI=1S/C15H21Cl2NO/c1-18(2)15(8-4-3-5-9-15)14(19)11-6-7-12(16)13(17)10-11/h6-7,10,14,19H,3-5,8-9H2,1-2H3. The predicted molar refractivity (Wildman–Crippen MR) is 80.9 cm³/mol. The van der Waals surface area contributed by atoms with Crippen LogP contribution in [0, 0.1) is 0 Å². The molecule has 1 aromatic carbocycles. The number of aliphatic hydroxyl groups excluding tert-OH is 1. The van der Waals surface area contributed by atoms with Crippen LogP contribution in [0.25, 0.3) is 0 Å². The maximum atomic E-state index is 10.8. The highest BCUT2D eigenvalue weighted by Crippen LogP contribution is 2.42. The number of nitrogens with zero attached hydrogens (tertiary/aromatic N) is 1. The largest absolute Gasteiger partial charge is 0.386 e. The Kier molecular flexibility index (Phi) is 4.78. The van der Waals surface area contributed by atoms with E-state index >= 15 is 0 Å². The molecule has 2 rings (SSSR count). The van der Waals surface area contributed by atoms with Crippen molar-refractivity contribution in [3.05, 3.63) is 33.8 Å². The Balaban J connectivity index is 2.33. The van der Waals surface area contributed by atoms with E-state index in [1.54, 1.807) is 12.1 Å². The third-order valence-electron chi connectivity index (χ3n) is 4.38. The van der Waals surface area contributed by atoms with E-state index in [-0.39, 0.29) is 5.54 Å². The molecule has 1 N–H and O–H groups in total. The lowest BCUT2D eigenvalue weighted by Gasteiger charge is -2.46. The normalized spacial score (nSPS) is 20.5. The molecule has 0 saturated heterocycles. The summed E-state index contributed by atoms with van der Waals surface area (Å²) in [6.45, 7) is 0. The van der Waals surface area contributed by atoms with Crippen LogP contribution < -0.4 is 0 Å². The molecule has 106 valence electrons. The highest BCUT2D eigenvalue weighted by atomic mass is 35.5. The van der Waals surface area contributed by atoms with Crippen LogP contribution in [0.2, 0.25) is 10.0 Å². The van der Waals surface area contributed by atoms with Crippen LogP contribution in [0.1, 0.15) is 43.8 Å². The van der Waals surface area contributed by atoms with Crippen LogP contribution >= 0.6 is 23.2 Å². The van der Waals surface area contributed by atoms with Gasteiger partial charge in [-0.2, -0.15) is 0 Å². The van der Waals surface area contributed by atoms with Crippen molar-refractivity contribution in [2.24, 2.45) is 0 Å². The van der Waals surface area contributed by atoms with E-state index in [9.17, 15) is 5.11 Å². The van der Waals surface area contributed by atoms with Crippen molar-refractivity contribution in [3.63, 3.8) is 0 Å². The van der Waals surface area contributed by atoms with Gasteiger partial charge < -0.3 is 10.0 Å². The summed E-state index contributed by atoms with van der Waals surface area (Å²) in [5.74, 6) is 0. The number of hydrogen-bond acceptors (Lipinski definition) is 2. The van der Waals surface area contributed by atoms with Crippen molar-refractivity contribution in [2.45, 2.75) is 43.7 Å². The lowest BCUT2D eigenvalue weighted by atomic mass is 9.74. The van der Waals surface area contributed by atoms with Gasteiger partial charge in [0.2, 0.25) is 0 Å². The molecule has 0 amide bonds. The van der Waals surface area contributed by atoms with Crippen LogP contribution in [-0.4, -0.2) is 29.6 Å². The molecule has 1 atom stereocenters. The van der Waals surface area contributed by atoms with Gasteiger partial charge >= 0.3 is 0 Å². The smallest absolute Gasteiger partial charge is 0.0973 e. The molecule has 0 spiro atoms. The fourth-order valence-corrected chi connectivity index (χ4v) is 3.43. The molecule has 1 aliphatic rings. The molecule has 4 heteroatoms. The molecule has 0 radical (unpaired) electrons. The van der Waals surface area contributed by atoms with E-state index in [2.05, 4.69) is 4.90 Å². The zero-order valence-corrected chi connectivity index (χ0v) is 13.0. The minimum absolute atomic E-state index is 0.185. The van der Waals surface area contributed by atoms with Gasteiger partial charge in [-0.3, -0.25) is 0 Å². The van der Waals surface area contributed by atoms with Crippen LogP contribution in [0.15, 0.2) is 18.2 Å². The van der Waals surface area contributed by atoms with Gasteiger partial charge in [0.05, 0.1) is 21.7 Å². The average molecular weight is 302 g/mol. The Morgan fingerprint density at radius 1 is 1.11 bits per heavy atom. The lowest BCUT2D eigenvalue weighted by molar-refractivity contribution is -0.0335. The van der Waals surface area contributed by atoms with Crippen LogP contribution in [0.5, 0.6) is 0 Å². The number of benzene rings is 1. The summed E-state index contributed by atoms with van der Waals surface area (Å²) in [5.41, 5.74) is 0.667. The summed E-state index contributed by atoms with van der Waals surface area (Å²) >= 11 is 12.0. The number of halogens is 2. The van der Waals surface area contributed by atoms with Gasteiger partial charge in [0.15, 0.2) is 0 Å². The summed E-state index contributed by atoms with van der Waals surface area (Å²) in [7, 11) is 4.10. The highest BCUT2D eigenvalue weighted by molar-refractivity contribution is 6.42. The van der Waals surface area contributed by atoms with Crippen molar-refractivity contribution in [3.8, 4) is 0 Å². The highest BCUT2D eigenvalue weighted by Gasteiger charge is 2.41. The maximum absolute atomic E-state index is 10.8. The van der Waals surface area contributed by atoms with Crippen molar-refractivity contribution in [2.75, 3.05) is 14.1 Å². The predicted octanol–water partition coefficient (Wildman–Crippen LogP) is 4.29. The molecule has 0 aliphatic heterocycles. The number of hydrogen-bond donors (Lipinski definition) is 1. The van der Waals surface area contributed by atoms with Gasteiger partial charge in [0, 0.05) is 0 Å². The molecule has 2 nitrogen and oxygen atoms in total. The van der Waals surface area contributed by atoms with Gasteiger partial charge in [-0.1, -0.05) is 48.5 Å². The minimum Gasteiger partial charge on any atom is -0.386 e. The second-order valence-electron chi connectivity index (χ2n) is 5.63. The fraction of sp³-hybridized carbons (Fsp3) is 0.600. The first-order chi connectivity index (χ1) is 8.97. The molecule has 1 saturated carbocycles. The minimum atomic E-state index is -0.530. The van der Waals surface area contributed by atoms with Gasteiger partial charge in [0.25, 0.3) is 0 Å². The van der Waals surface area contributed by atoms with E-state index in [1.165, 1.54) is 6.42 Å². The first-order valence-corrected chi connectivity index (χ1v) is 7.53. The van der Waals surface area contributed by atoms with Crippen molar-refractivity contribution < 1.29 is 5.11 Å². The Morgan fingerprint density at radius 2 is 1.74 bits per heavy atom. The second-order valence-corrected chi connectivity index (χ2v) is 6.45. The quantitative estimate of drug-likeness (QED) is 0.900. The van der Waals surface area contributed by atoms with Crippen molar-refractivity contribution in [1.29, 1.82) is 0 Å². The molecular weight excluding hydrogens is 281 g/mol. The SMILES string of the molecule is CN(C)C1(C(O)c2ccc(Cl)c(Cl)c2)CCCCC1. The van der Waals surface area contributed by atoms with E-state index in [1.807, 2.05) is 20.2 Å². The first-order valence-electron chi connectivity index (χ1n) is 6.78. The van der Waals surface area contributed by atoms with Crippen LogP contribution in [0.4, 0.5) is 0 Å². The maximum Gasteiger partial charge on any atom is 0.0973 e. The summed E-state index contributed by atoms with van der Waals surface area (Å²) in [6, 6.07) is 5.42. The molecule has 1 aliphatic carbocycles. The van der Waals surface area contributed by atoms with Gasteiger partial charge in [-0.15, -0.1) is 0 Å². The Labute approximate surface area is 125 Å². The summed E-state index contributed by atoms with van der Waals surface area (Å²) in [6.07, 6.45) is 5.08. The molecule has 0 bridgehead atoms. The van der Waals surface area contributed by atoms with Gasteiger partial charge in [-0.05, 0) is 44.6 Å². The van der Waals surface area contributed by atoms with Crippen LogP contribution in [0.3, 0.4) is 0 Å². The molecule has 1 fully saturated rings.